The van der Waals surface area contributed by atoms with Crippen LogP contribution in [0.25, 0.3) is 11.1 Å². The average molecular weight is 305 g/mol. The second-order valence-electron chi connectivity index (χ2n) is 5.19. The van der Waals surface area contributed by atoms with Crippen molar-refractivity contribution in [3.8, 4) is 11.1 Å². The molecule has 1 aromatic carbocycles. The first-order valence-electron chi connectivity index (χ1n) is 6.98. The van der Waals surface area contributed by atoms with Gasteiger partial charge in [-0.1, -0.05) is 12.1 Å². The Morgan fingerprint density at radius 2 is 2.27 bits per heavy atom. The van der Waals surface area contributed by atoms with E-state index in [0.717, 1.165) is 24.8 Å². The van der Waals surface area contributed by atoms with Crippen LogP contribution < -0.4 is 10.6 Å². The van der Waals surface area contributed by atoms with Gasteiger partial charge in [0.25, 0.3) is 0 Å². The fourth-order valence-corrected chi connectivity index (χ4v) is 2.59. The number of hydrogen-bond donors (Lipinski definition) is 2. The molecule has 0 saturated carbocycles. The molecule has 1 aliphatic heterocycles. The Bertz CT molecular complexity index is 711. The summed E-state index contributed by atoms with van der Waals surface area (Å²) in [6, 6.07) is 4.43. The third-order valence-electron chi connectivity index (χ3n) is 3.81. The van der Waals surface area contributed by atoms with Crippen molar-refractivity contribution >= 4 is 5.69 Å². The molecule has 22 heavy (non-hydrogen) atoms. The normalized spacial score (nSPS) is 14.8. The first kappa shape index (κ1) is 14.6. The maximum Gasteiger partial charge on any atom is 0.305 e. The van der Waals surface area contributed by atoms with Crippen molar-refractivity contribution in [1.82, 2.24) is 20.4 Å². The Labute approximate surface area is 126 Å². The van der Waals surface area contributed by atoms with E-state index < -0.39 is 16.4 Å². The summed E-state index contributed by atoms with van der Waals surface area (Å²) >= 11 is 0. The van der Waals surface area contributed by atoms with Gasteiger partial charge in [-0.25, -0.2) is 0 Å². The lowest BCUT2D eigenvalue weighted by molar-refractivity contribution is -0.387. The summed E-state index contributed by atoms with van der Waals surface area (Å²) in [5.41, 5.74) is 1.10. The highest BCUT2D eigenvalue weighted by molar-refractivity contribution is 5.69. The lowest BCUT2D eigenvalue weighted by Crippen LogP contribution is -2.44. The molecule has 0 bridgehead atoms. The van der Waals surface area contributed by atoms with Gasteiger partial charge in [-0.2, -0.15) is 9.49 Å². The number of rotatable bonds is 5. The Balaban J connectivity index is 2.10. The van der Waals surface area contributed by atoms with Gasteiger partial charge >= 0.3 is 5.69 Å². The van der Waals surface area contributed by atoms with Crippen LogP contribution >= 0.6 is 0 Å². The molecule has 2 heterocycles. The maximum atomic E-state index is 14.4. The number of halogens is 1. The molecule has 0 aliphatic carbocycles. The fourth-order valence-electron chi connectivity index (χ4n) is 2.59. The molecule has 116 valence electrons. The summed E-state index contributed by atoms with van der Waals surface area (Å²) in [7, 11) is 1.80. The van der Waals surface area contributed by atoms with Crippen molar-refractivity contribution < 1.29 is 9.31 Å². The van der Waals surface area contributed by atoms with E-state index in [0.29, 0.717) is 12.1 Å². The van der Waals surface area contributed by atoms with Gasteiger partial charge < -0.3 is 10.6 Å². The molecule has 0 unspecified atom stereocenters. The maximum absolute atomic E-state index is 14.4. The van der Waals surface area contributed by atoms with Crippen molar-refractivity contribution in [3.63, 3.8) is 0 Å². The van der Waals surface area contributed by atoms with Crippen LogP contribution in [-0.4, -0.2) is 34.8 Å². The summed E-state index contributed by atoms with van der Waals surface area (Å²) < 4.78 is 16.3. The van der Waals surface area contributed by atoms with Gasteiger partial charge in [-0.3, -0.25) is 14.8 Å². The van der Waals surface area contributed by atoms with Crippen molar-refractivity contribution in [3.05, 3.63) is 46.0 Å². The third-order valence-corrected chi connectivity index (χ3v) is 3.81. The second kappa shape index (κ2) is 5.82. The molecule has 0 radical (unpaired) electrons. The molecule has 7 nitrogen and oxygen atoms in total. The molecule has 2 aromatic rings. The number of nitrogens with one attached hydrogen (secondary N) is 2. The highest BCUT2D eigenvalue weighted by Gasteiger charge is 2.26. The Morgan fingerprint density at radius 1 is 1.50 bits per heavy atom. The Hall–Kier alpha value is -2.32. The van der Waals surface area contributed by atoms with E-state index in [-0.39, 0.29) is 11.6 Å². The minimum absolute atomic E-state index is 0.206. The molecular weight excluding hydrogens is 289 g/mol. The molecule has 0 amide bonds. The number of hydrogen-bond acceptors (Lipinski definition) is 5. The van der Waals surface area contributed by atoms with Gasteiger partial charge in [0.2, 0.25) is 5.82 Å². The zero-order valence-electron chi connectivity index (χ0n) is 12.0. The second-order valence-corrected chi connectivity index (χ2v) is 5.19. The van der Waals surface area contributed by atoms with Gasteiger partial charge in [-0.15, -0.1) is 0 Å². The number of nitro benzene ring substituents is 1. The van der Waals surface area contributed by atoms with Gasteiger partial charge in [0, 0.05) is 36.8 Å². The van der Waals surface area contributed by atoms with Crippen LogP contribution in [0.4, 0.5) is 10.1 Å². The van der Waals surface area contributed by atoms with E-state index in [1.54, 1.807) is 19.3 Å². The predicted octanol–water partition coefficient (Wildman–Crippen LogP) is 1.46. The molecule has 8 heteroatoms. The van der Waals surface area contributed by atoms with E-state index in [4.69, 9.17) is 0 Å². The fraction of sp³-hybridized carbons (Fsp3) is 0.357. The Morgan fingerprint density at radius 3 is 2.86 bits per heavy atom. The van der Waals surface area contributed by atoms with Crippen LogP contribution in [0, 0.1) is 15.9 Å². The summed E-state index contributed by atoms with van der Waals surface area (Å²) in [5, 5.41) is 21.5. The largest absolute Gasteiger partial charge is 0.314 e. The minimum atomic E-state index is -0.823. The summed E-state index contributed by atoms with van der Waals surface area (Å²) in [4.78, 5) is 10.2. The molecule has 3 rings (SSSR count). The smallest absolute Gasteiger partial charge is 0.305 e. The zero-order valence-corrected chi connectivity index (χ0v) is 12.0. The number of benzene rings is 1. The van der Waals surface area contributed by atoms with Gasteiger partial charge in [-0.05, 0) is 7.05 Å². The SMILES string of the molecule is CNCc1c(-c2cccc([N+](=O)[O-])c2F)cnn1C1CNC1. The van der Waals surface area contributed by atoms with E-state index in [1.165, 1.54) is 6.07 Å². The van der Waals surface area contributed by atoms with Crippen LogP contribution in [-0.2, 0) is 6.54 Å². The minimum Gasteiger partial charge on any atom is -0.314 e. The van der Waals surface area contributed by atoms with Crippen LogP contribution in [0.2, 0.25) is 0 Å². The average Bonchev–Trinajstić information content (AvgIpc) is 2.81. The lowest BCUT2D eigenvalue weighted by atomic mass is 10.0. The van der Waals surface area contributed by atoms with E-state index in [2.05, 4.69) is 15.7 Å². The van der Waals surface area contributed by atoms with Crippen LogP contribution in [0.3, 0.4) is 0 Å². The first-order chi connectivity index (χ1) is 10.6. The van der Waals surface area contributed by atoms with Crippen molar-refractivity contribution in [2.45, 2.75) is 12.6 Å². The summed E-state index contributed by atoms with van der Waals surface area (Å²) in [6.07, 6.45) is 1.58. The van der Waals surface area contributed by atoms with Crippen molar-refractivity contribution in [1.29, 1.82) is 0 Å². The van der Waals surface area contributed by atoms with Crippen LogP contribution in [0.15, 0.2) is 24.4 Å². The molecule has 1 aromatic heterocycles. The van der Waals surface area contributed by atoms with Crippen LogP contribution in [0.5, 0.6) is 0 Å². The topological polar surface area (TPSA) is 85.0 Å². The van der Waals surface area contributed by atoms with Gasteiger partial charge in [0.05, 0.1) is 22.9 Å². The summed E-state index contributed by atoms with van der Waals surface area (Å²) in [5.74, 6) is -0.823. The molecule has 2 N–H and O–H groups in total. The standard InChI is InChI=1S/C14H16FN5O2/c1-16-8-13-11(7-18-19(13)9-5-17-6-9)10-3-2-4-12(14(10)15)20(21)22/h2-4,7,9,16-17H,5-6,8H2,1H3. The quantitative estimate of drug-likeness (QED) is 0.645. The van der Waals surface area contributed by atoms with Crippen molar-refractivity contribution in [2.75, 3.05) is 20.1 Å². The number of nitro groups is 1. The van der Waals surface area contributed by atoms with E-state index in [1.807, 2.05) is 4.68 Å². The monoisotopic (exact) mass is 305 g/mol. The highest BCUT2D eigenvalue weighted by Crippen LogP contribution is 2.32. The lowest BCUT2D eigenvalue weighted by Gasteiger charge is -2.29. The number of nitrogens with zero attached hydrogens (tertiary/aromatic N) is 3. The molecule has 0 spiro atoms. The zero-order chi connectivity index (χ0) is 15.7. The summed E-state index contributed by atoms with van der Waals surface area (Å²) in [6.45, 7) is 2.14. The number of aromatic nitrogens is 2. The van der Waals surface area contributed by atoms with Gasteiger partial charge in [0.15, 0.2) is 0 Å². The molecule has 0 atom stereocenters. The van der Waals surface area contributed by atoms with Gasteiger partial charge in [0.1, 0.15) is 0 Å². The van der Waals surface area contributed by atoms with E-state index >= 15 is 0 Å². The Kier molecular flexibility index (Phi) is 3.86. The predicted molar refractivity (Wildman–Crippen MR) is 78.9 cm³/mol. The first-order valence-corrected chi connectivity index (χ1v) is 6.98. The van der Waals surface area contributed by atoms with Crippen molar-refractivity contribution in [2.24, 2.45) is 0 Å². The van der Waals surface area contributed by atoms with E-state index in [9.17, 15) is 14.5 Å². The highest BCUT2D eigenvalue weighted by atomic mass is 19.1. The molecule has 1 aliphatic rings. The third kappa shape index (κ3) is 2.36. The molecule has 1 saturated heterocycles. The molecule has 1 fully saturated rings. The van der Waals surface area contributed by atoms with Crippen LogP contribution in [0.1, 0.15) is 11.7 Å². The molecular formula is C14H16FN5O2.